The van der Waals surface area contributed by atoms with E-state index < -0.39 is 10.0 Å². The first-order chi connectivity index (χ1) is 14.4. The Balaban J connectivity index is 1.56. The first-order valence-corrected chi connectivity index (χ1v) is 10.8. The van der Waals surface area contributed by atoms with Crippen molar-refractivity contribution in [3.05, 3.63) is 96.6 Å². The Morgan fingerprint density at radius 1 is 0.800 bits per heavy atom. The van der Waals surface area contributed by atoms with Crippen molar-refractivity contribution in [1.29, 1.82) is 0 Å². The molecule has 0 spiro atoms. The van der Waals surface area contributed by atoms with Crippen molar-refractivity contribution in [1.82, 2.24) is 5.32 Å². The Morgan fingerprint density at radius 2 is 1.40 bits per heavy atom. The first kappa shape index (κ1) is 21.2. The highest BCUT2D eigenvalue weighted by Gasteiger charge is 2.14. The smallest absolute Gasteiger partial charge is 0.261 e. The molecule has 0 bridgehead atoms. The minimum absolute atomic E-state index is 0.107. The number of para-hydroxylation sites is 1. The summed E-state index contributed by atoms with van der Waals surface area (Å²) >= 11 is 5.13. The minimum Gasteiger partial charge on any atom is -0.332 e. The van der Waals surface area contributed by atoms with Crippen molar-refractivity contribution < 1.29 is 13.2 Å². The third kappa shape index (κ3) is 6.26. The molecule has 0 atom stereocenters. The lowest BCUT2D eigenvalue weighted by Crippen LogP contribution is -2.32. The third-order valence-electron chi connectivity index (χ3n) is 3.91. The van der Waals surface area contributed by atoms with Gasteiger partial charge in [0.15, 0.2) is 5.11 Å². The van der Waals surface area contributed by atoms with Crippen molar-refractivity contribution in [3.63, 3.8) is 0 Å². The van der Waals surface area contributed by atoms with Gasteiger partial charge in [-0.05, 0) is 60.3 Å². The zero-order valence-corrected chi connectivity index (χ0v) is 17.4. The number of amides is 1. The van der Waals surface area contributed by atoms with E-state index in [0.717, 1.165) is 5.56 Å². The molecule has 3 rings (SSSR count). The number of anilines is 2. The van der Waals surface area contributed by atoms with Crippen LogP contribution in [0.5, 0.6) is 0 Å². The highest BCUT2D eigenvalue weighted by molar-refractivity contribution is 7.92. The summed E-state index contributed by atoms with van der Waals surface area (Å²) in [7, 11) is -3.70. The summed E-state index contributed by atoms with van der Waals surface area (Å²) in [5.74, 6) is -0.373. The van der Waals surface area contributed by atoms with E-state index in [1.54, 1.807) is 48.5 Å². The summed E-state index contributed by atoms with van der Waals surface area (Å²) in [6.07, 6.45) is 3.06. The van der Waals surface area contributed by atoms with Gasteiger partial charge in [-0.1, -0.05) is 48.5 Å². The maximum atomic E-state index is 12.4. The molecule has 0 heterocycles. The zero-order valence-electron chi connectivity index (χ0n) is 15.8. The molecule has 0 fully saturated rings. The molecule has 6 nitrogen and oxygen atoms in total. The van der Waals surface area contributed by atoms with Crippen molar-refractivity contribution >= 4 is 50.7 Å². The molecule has 0 radical (unpaired) electrons. The number of hydrogen-bond donors (Lipinski definition) is 3. The minimum atomic E-state index is -3.70. The van der Waals surface area contributed by atoms with Gasteiger partial charge in [-0.25, -0.2) is 8.42 Å². The van der Waals surface area contributed by atoms with Gasteiger partial charge in [-0.3, -0.25) is 14.8 Å². The number of thiocarbonyl (C=S) groups is 1. The topological polar surface area (TPSA) is 87.3 Å². The van der Waals surface area contributed by atoms with E-state index in [-0.39, 0.29) is 15.9 Å². The van der Waals surface area contributed by atoms with Crippen LogP contribution < -0.4 is 15.4 Å². The highest BCUT2D eigenvalue weighted by Crippen LogP contribution is 2.18. The molecular formula is C22H19N3O3S2. The number of carbonyl (C=O) groups is 1. The summed E-state index contributed by atoms with van der Waals surface area (Å²) in [4.78, 5) is 12.1. The highest BCUT2D eigenvalue weighted by atomic mass is 32.2. The SMILES string of the molecule is O=C(/C=C/c1ccccc1)NC(=S)Nc1ccc(S(=O)(=O)Nc2ccccc2)cc1. The summed E-state index contributed by atoms with van der Waals surface area (Å²) in [6.45, 7) is 0. The second-order valence-electron chi connectivity index (χ2n) is 6.18. The Morgan fingerprint density at radius 3 is 2.03 bits per heavy atom. The molecule has 3 aromatic rings. The molecule has 0 unspecified atom stereocenters. The van der Waals surface area contributed by atoms with Crippen LogP contribution in [-0.4, -0.2) is 19.4 Å². The van der Waals surface area contributed by atoms with E-state index in [2.05, 4.69) is 15.4 Å². The van der Waals surface area contributed by atoms with Crippen LogP contribution in [0.2, 0.25) is 0 Å². The van der Waals surface area contributed by atoms with Crippen LogP contribution in [0, 0.1) is 0 Å². The van der Waals surface area contributed by atoms with Crippen LogP contribution in [-0.2, 0) is 14.8 Å². The Hall–Kier alpha value is -3.49. The van der Waals surface area contributed by atoms with Crippen LogP contribution in [0.4, 0.5) is 11.4 Å². The molecular weight excluding hydrogens is 418 g/mol. The number of carbonyl (C=O) groups excluding carboxylic acids is 1. The predicted octanol–water partition coefficient (Wildman–Crippen LogP) is 4.01. The molecule has 152 valence electrons. The maximum absolute atomic E-state index is 12.4. The van der Waals surface area contributed by atoms with Gasteiger partial charge in [0.2, 0.25) is 5.91 Å². The van der Waals surface area contributed by atoms with Crippen molar-refractivity contribution in [2.75, 3.05) is 10.0 Å². The lowest BCUT2D eigenvalue weighted by Gasteiger charge is -2.10. The molecule has 0 aliphatic carbocycles. The van der Waals surface area contributed by atoms with Crippen molar-refractivity contribution in [3.8, 4) is 0 Å². The predicted molar refractivity (Wildman–Crippen MR) is 124 cm³/mol. The third-order valence-corrected chi connectivity index (χ3v) is 5.51. The number of nitrogens with one attached hydrogen (secondary N) is 3. The molecule has 0 aliphatic rings. The fourth-order valence-electron chi connectivity index (χ4n) is 2.49. The Kier molecular flexibility index (Phi) is 6.95. The van der Waals surface area contributed by atoms with Crippen molar-refractivity contribution in [2.24, 2.45) is 0 Å². The monoisotopic (exact) mass is 437 g/mol. The first-order valence-electron chi connectivity index (χ1n) is 8.95. The summed E-state index contributed by atoms with van der Waals surface area (Å²) < 4.78 is 27.4. The zero-order chi connectivity index (χ0) is 21.4. The van der Waals surface area contributed by atoms with Gasteiger partial charge < -0.3 is 5.32 Å². The maximum Gasteiger partial charge on any atom is 0.261 e. The summed E-state index contributed by atoms with van der Waals surface area (Å²) in [6, 6.07) is 24.1. The average Bonchev–Trinajstić information content (AvgIpc) is 2.74. The van der Waals surface area contributed by atoms with Crippen LogP contribution in [0.3, 0.4) is 0 Å². The number of benzene rings is 3. The largest absolute Gasteiger partial charge is 0.332 e. The van der Waals surface area contributed by atoms with Crippen LogP contribution in [0.1, 0.15) is 5.56 Å². The van der Waals surface area contributed by atoms with E-state index in [1.165, 1.54) is 18.2 Å². The standard InChI is InChI=1S/C22H19N3O3S2/c26-21(16-11-17-7-3-1-4-8-17)24-22(29)23-18-12-14-20(15-13-18)30(27,28)25-19-9-5-2-6-10-19/h1-16,25H,(H2,23,24,26,29)/b16-11+. The van der Waals surface area contributed by atoms with Gasteiger partial charge in [0.05, 0.1) is 4.90 Å². The molecule has 3 aromatic carbocycles. The Labute approximate surface area is 180 Å². The van der Waals surface area contributed by atoms with Crippen LogP contribution >= 0.6 is 12.2 Å². The summed E-state index contributed by atoms with van der Waals surface area (Å²) in [5.41, 5.74) is 1.92. The molecule has 0 saturated carbocycles. The van der Waals surface area contributed by atoms with Gasteiger partial charge >= 0.3 is 0 Å². The van der Waals surface area contributed by atoms with Gasteiger partial charge in [0.25, 0.3) is 10.0 Å². The lowest BCUT2D eigenvalue weighted by atomic mass is 10.2. The van der Waals surface area contributed by atoms with E-state index in [0.29, 0.717) is 11.4 Å². The average molecular weight is 438 g/mol. The fourth-order valence-corrected chi connectivity index (χ4v) is 3.77. The van der Waals surface area contributed by atoms with E-state index in [1.807, 2.05) is 30.3 Å². The molecule has 0 aliphatic heterocycles. The molecule has 1 amide bonds. The quantitative estimate of drug-likeness (QED) is 0.401. The van der Waals surface area contributed by atoms with Crippen LogP contribution in [0.25, 0.3) is 6.08 Å². The van der Waals surface area contributed by atoms with Crippen molar-refractivity contribution in [2.45, 2.75) is 4.90 Å². The van der Waals surface area contributed by atoms with E-state index in [9.17, 15) is 13.2 Å². The number of sulfonamides is 1. The van der Waals surface area contributed by atoms with E-state index >= 15 is 0 Å². The second kappa shape index (κ2) is 9.82. The normalized spacial score (nSPS) is 11.1. The second-order valence-corrected chi connectivity index (χ2v) is 8.27. The Bertz CT molecular complexity index is 1150. The molecule has 8 heteroatoms. The molecule has 0 aromatic heterocycles. The number of hydrogen-bond acceptors (Lipinski definition) is 4. The van der Waals surface area contributed by atoms with Gasteiger partial charge in [-0.15, -0.1) is 0 Å². The molecule has 30 heavy (non-hydrogen) atoms. The van der Waals surface area contributed by atoms with Crippen LogP contribution in [0.15, 0.2) is 95.9 Å². The lowest BCUT2D eigenvalue weighted by molar-refractivity contribution is -0.115. The fraction of sp³-hybridized carbons (Fsp3) is 0. The summed E-state index contributed by atoms with van der Waals surface area (Å²) in [5, 5.41) is 5.50. The van der Waals surface area contributed by atoms with Gasteiger partial charge in [0.1, 0.15) is 0 Å². The van der Waals surface area contributed by atoms with Gasteiger partial charge in [-0.2, -0.15) is 0 Å². The van der Waals surface area contributed by atoms with Gasteiger partial charge in [0, 0.05) is 17.5 Å². The molecule has 0 saturated heterocycles. The number of rotatable bonds is 6. The molecule has 3 N–H and O–H groups in total. The van der Waals surface area contributed by atoms with E-state index in [4.69, 9.17) is 12.2 Å².